The lowest BCUT2D eigenvalue weighted by atomic mass is 10.0. The molecule has 3 aromatic carbocycles. The summed E-state index contributed by atoms with van der Waals surface area (Å²) < 4.78 is 20.9. The molecule has 0 saturated heterocycles. The van der Waals surface area contributed by atoms with Crippen molar-refractivity contribution in [3.63, 3.8) is 0 Å². The van der Waals surface area contributed by atoms with Gasteiger partial charge in [-0.05, 0) is 71.7 Å². The molecule has 40 heavy (non-hydrogen) atoms. The van der Waals surface area contributed by atoms with Crippen molar-refractivity contribution in [2.45, 2.75) is 52.9 Å². The molecule has 0 saturated carbocycles. The predicted octanol–water partition coefficient (Wildman–Crippen LogP) is 5.48. The maximum absolute atomic E-state index is 13.5. The number of ether oxygens (including phenoxy) is 1. The summed E-state index contributed by atoms with van der Waals surface area (Å²) in [6.45, 7) is 7.41. The van der Waals surface area contributed by atoms with Crippen LogP contribution in [0.25, 0.3) is 10.9 Å². The molecule has 2 heterocycles. The number of methoxy groups -OCH3 is 1. The topological polar surface area (TPSA) is 88.9 Å². The van der Waals surface area contributed by atoms with Crippen LogP contribution in [-0.2, 0) is 19.6 Å². The molecule has 0 amide bonds. The minimum absolute atomic E-state index is 0.119. The second kappa shape index (κ2) is 11.8. The summed E-state index contributed by atoms with van der Waals surface area (Å²) in [6.07, 6.45) is 0.697. The fourth-order valence-corrected chi connectivity index (χ4v) is 5.21. The summed E-state index contributed by atoms with van der Waals surface area (Å²) in [6, 6.07) is 20.1. The number of rotatable bonds is 10. The summed E-state index contributed by atoms with van der Waals surface area (Å²) >= 11 is 0. The van der Waals surface area contributed by atoms with E-state index in [-0.39, 0.29) is 17.4 Å². The normalized spacial score (nSPS) is 12.2. The van der Waals surface area contributed by atoms with Gasteiger partial charge >= 0.3 is 0 Å². The van der Waals surface area contributed by atoms with Crippen LogP contribution in [0, 0.1) is 19.7 Å². The number of hydrogen-bond acceptors (Lipinski definition) is 6. The van der Waals surface area contributed by atoms with E-state index in [1.807, 2.05) is 43.3 Å². The molecule has 206 valence electrons. The zero-order valence-corrected chi connectivity index (χ0v) is 23.2. The smallest absolute Gasteiger partial charge is 0.252 e. The monoisotopic (exact) mass is 540 g/mol. The third-order valence-corrected chi connectivity index (χ3v) is 7.39. The van der Waals surface area contributed by atoms with Gasteiger partial charge in [0.25, 0.3) is 5.56 Å². The van der Waals surface area contributed by atoms with E-state index in [1.54, 1.807) is 23.9 Å². The molecule has 2 aromatic heterocycles. The molecule has 0 aliphatic rings. The number of H-pyrrole nitrogens is 1. The second-order valence-corrected chi connectivity index (χ2v) is 10.1. The van der Waals surface area contributed by atoms with Crippen molar-refractivity contribution in [1.29, 1.82) is 0 Å². The first kappa shape index (κ1) is 27.2. The Balaban J connectivity index is 1.56. The molecule has 5 aromatic rings. The molecule has 0 radical (unpaired) electrons. The first-order valence-electron chi connectivity index (χ1n) is 13.4. The van der Waals surface area contributed by atoms with Crippen LogP contribution in [0.1, 0.15) is 53.0 Å². The van der Waals surface area contributed by atoms with Crippen LogP contribution < -0.4 is 10.3 Å². The Morgan fingerprint density at radius 2 is 1.73 bits per heavy atom. The van der Waals surface area contributed by atoms with Gasteiger partial charge in [-0.15, -0.1) is 5.10 Å². The molecular weight excluding hydrogens is 507 g/mol. The van der Waals surface area contributed by atoms with E-state index in [1.165, 1.54) is 12.1 Å². The highest BCUT2D eigenvalue weighted by Crippen LogP contribution is 2.30. The Kier molecular flexibility index (Phi) is 8.02. The van der Waals surface area contributed by atoms with E-state index in [2.05, 4.69) is 45.3 Å². The number of aromatic nitrogens is 5. The molecule has 0 spiro atoms. The predicted molar refractivity (Wildman–Crippen MR) is 153 cm³/mol. The van der Waals surface area contributed by atoms with E-state index in [9.17, 15) is 9.18 Å². The molecule has 8 nitrogen and oxygen atoms in total. The fraction of sp³-hybridized carbons (Fsp3) is 0.290. The first-order chi connectivity index (χ1) is 19.4. The van der Waals surface area contributed by atoms with Crippen LogP contribution in [0.5, 0.6) is 5.75 Å². The van der Waals surface area contributed by atoms with Crippen LogP contribution in [-0.4, -0.2) is 37.2 Å². The Morgan fingerprint density at radius 3 is 2.48 bits per heavy atom. The Bertz CT molecular complexity index is 1680. The SMILES string of the molecule is CC[C@@H](c1nnnn1Cc1ccc(F)cc1)N(Cc1ccccc1OC)Cc1cc2c(C)ccc(C)c2[nH]c1=O. The second-order valence-electron chi connectivity index (χ2n) is 10.1. The van der Waals surface area contributed by atoms with Crippen molar-refractivity contribution in [1.82, 2.24) is 30.1 Å². The minimum Gasteiger partial charge on any atom is -0.496 e. The number of hydrogen-bond donors (Lipinski definition) is 1. The summed E-state index contributed by atoms with van der Waals surface area (Å²) in [5.41, 5.74) is 5.41. The van der Waals surface area contributed by atoms with Gasteiger partial charge in [-0.2, -0.15) is 0 Å². The molecule has 5 rings (SSSR count). The first-order valence-corrected chi connectivity index (χ1v) is 13.4. The van der Waals surface area contributed by atoms with Gasteiger partial charge in [-0.25, -0.2) is 9.07 Å². The molecule has 0 unspecified atom stereocenters. The number of aryl methyl sites for hydroxylation is 2. The molecule has 1 atom stereocenters. The summed E-state index contributed by atoms with van der Waals surface area (Å²) in [5, 5.41) is 13.7. The Labute approximate surface area is 232 Å². The van der Waals surface area contributed by atoms with Crippen LogP contribution in [0.2, 0.25) is 0 Å². The van der Waals surface area contributed by atoms with E-state index in [4.69, 9.17) is 4.74 Å². The number of benzene rings is 3. The number of halogens is 1. The van der Waals surface area contributed by atoms with Gasteiger partial charge in [-0.1, -0.05) is 49.4 Å². The summed E-state index contributed by atoms with van der Waals surface area (Å²) in [7, 11) is 1.66. The van der Waals surface area contributed by atoms with Gasteiger partial charge < -0.3 is 9.72 Å². The highest BCUT2D eigenvalue weighted by atomic mass is 19.1. The lowest BCUT2D eigenvalue weighted by Gasteiger charge is -2.31. The molecule has 0 aliphatic heterocycles. The molecule has 0 bridgehead atoms. The third kappa shape index (κ3) is 5.65. The number of nitrogens with one attached hydrogen (secondary N) is 1. The van der Waals surface area contributed by atoms with Gasteiger partial charge in [0, 0.05) is 29.6 Å². The zero-order chi connectivity index (χ0) is 28.2. The largest absolute Gasteiger partial charge is 0.496 e. The number of fused-ring (bicyclic) bond motifs is 1. The summed E-state index contributed by atoms with van der Waals surface area (Å²) in [4.78, 5) is 18.7. The van der Waals surface area contributed by atoms with Crippen LogP contribution >= 0.6 is 0 Å². The fourth-order valence-electron chi connectivity index (χ4n) is 5.21. The maximum Gasteiger partial charge on any atom is 0.252 e. The van der Waals surface area contributed by atoms with Crippen molar-refractivity contribution in [2.24, 2.45) is 0 Å². The van der Waals surface area contributed by atoms with E-state index in [0.717, 1.165) is 38.9 Å². The zero-order valence-electron chi connectivity index (χ0n) is 23.2. The molecule has 0 fully saturated rings. The number of tetrazole rings is 1. The van der Waals surface area contributed by atoms with Crippen molar-refractivity contribution in [2.75, 3.05) is 7.11 Å². The lowest BCUT2D eigenvalue weighted by Crippen LogP contribution is -2.32. The number of nitrogens with zero attached hydrogens (tertiary/aromatic N) is 5. The van der Waals surface area contributed by atoms with Crippen molar-refractivity contribution >= 4 is 10.9 Å². The highest BCUT2D eigenvalue weighted by Gasteiger charge is 2.27. The summed E-state index contributed by atoms with van der Waals surface area (Å²) in [5.74, 6) is 1.15. The average Bonchev–Trinajstić information content (AvgIpc) is 3.41. The van der Waals surface area contributed by atoms with Crippen molar-refractivity contribution < 1.29 is 9.13 Å². The van der Waals surface area contributed by atoms with Gasteiger partial charge in [0.2, 0.25) is 0 Å². The van der Waals surface area contributed by atoms with Gasteiger partial charge in [-0.3, -0.25) is 9.69 Å². The maximum atomic E-state index is 13.5. The number of pyridine rings is 1. The van der Waals surface area contributed by atoms with E-state index in [0.29, 0.717) is 37.4 Å². The lowest BCUT2D eigenvalue weighted by molar-refractivity contribution is 0.159. The highest BCUT2D eigenvalue weighted by molar-refractivity contribution is 5.85. The van der Waals surface area contributed by atoms with Crippen LogP contribution in [0.4, 0.5) is 4.39 Å². The molecular formula is C31H33FN6O2. The van der Waals surface area contributed by atoms with E-state index >= 15 is 0 Å². The average molecular weight is 541 g/mol. The Morgan fingerprint density at radius 1 is 1.00 bits per heavy atom. The van der Waals surface area contributed by atoms with Gasteiger partial charge in [0.1, 0.15) is 11.6 Å². The van der Waals surface area contributed by atoms with E-state index < -0.39 is 0 Å². The van der Waals surface area contributed by atoms with Crippen LogP contribution in [0.15, 0.2) is 71.5 Å². The minimum atomic E-state index is -0.291. The van der Waals surface area contributed by atoms with Crippen molar-refractivity contribution in [3.05, 3.63) is 117 Å². The standard InChI is InChI=1S/C31H33FN6O2/c1-5-27(30-34-35-36-38(30)17-22-12-14-25(32)15-13-22)37(18-23-8-6-7-9-28(23)40-4)19-24-16-26-20(2)10-11-21(3)29(26)33-31(24)39/h6-16,27H,5,17-19H2,1-4H3,(H,33,39)/t27-/m0/s1. The quantitative estimate of drug-likeness (QED) is 0.252. The Hall–Kier alpha value is -4.37. The van der Waals surface area contributed by atoms with Gasteiger partial charge in [0.15, 0.2) is 5.82 Å². The van der Waals surface area contributed by atoms with Gasteiger partial charge in [0.05, 0.1) is 25.2 Å². The molecule has 9 heteroatoms. The van der Waals surface area contributed by atoms with Crippen molar-refractivity contribution in [3.8, 4) is 5.75 Å². The third-order valence-electron chi connectivity index (χ3n) is 7.39. The van der Waals surface area contributed by atoms with Crippen LogP contribution in [0.3, 0.4) is 0 Å². The number of para-hydroxylation sites is 1. The molecule has 1 N–H and O–H groups in total. The number of aromatic amines is 1. The molecule has 0 aliphatic carbocycles.